The smallest absolute Gasteiger partial charge is 0.397 e. The van der Waals surface area contributed by atoms with Gasteiger partial charge in [0, 0.05) is 5.69 Å². The van der Waals surface area contributed by atoms with Gasteiger partial charge < -0.3 is 5.73 Å². The first-order valence-electron chi connectivity index (χ1n) is 6.62. The molecule has 4 N–H and O–H groups in total. The first-order chi connectivity index (χ1) is 12.0. The van der Waals surface area contributed by atoms with Crippen LogP contribution in [-0.2, 0) is 48.8 Å². The predicted octanol–water partition coefficient (Wildman–Crippen LogP) is -1.54. The van der Waals surface area contributed by atoms with Gasteiger partial charge in [0.2, 0.25) is 0 Å². The molecule has 27 heavy (non-hydrogen) atoms. The second-order valence-corrected chi connectivity index (χ2v) is 11.3. The summed E-state index contributed by atoms with van der Waals surface area (Å²) in [6.45, 7) is -1.86. The van der Waals surface area contributed by atoms with Crippen molar-refractivity contribution in [1.82, 2.24) is 0 Å². The highest BCUT2D eigenvalue weighted by atomic mass is 32.3. The number of hydrogen-bond donors (Lipinski definition) is 3. The summed E-state index contributed by atoms with van der Waals surface area (Å²) in [5.74, 6) is -1.83. The summed E-state index contributed by atoms with van der Waals surface area (Å²) in [6, 6.07) is 2.55. The van der Waals surface area contributed by atoms with Crippen molar-refractivity contribution in [3.63, 3.8) is 0 Å². The van der Waals surface area contributed by atoms with E-state index in [0.717, 1.165) is 18.2 Å². The highest BCUT2D eigenvalue weighted by Gasteiger charge is 2.22. The van der Waals surface area contributed by atoms with Gasteiger partial charge >= 0.3 is 20.8 Å². The molecule has 0 bridgehead atoms. The molecular weight excluding hydrogens is 454 g/mol. The third-order valence-corrected chi connectivity index (χ3v) is 7.03. The Kier molecular flexibility index (Phi) is 7.33. The molecule has 0 heterocycles. The average molecular weight is 469 g/mol. The summed E-state index contributed by atoms with van der Waals surface area (Å²) in [5, 5.41) is 0. The van der Waals surface area contributed by atoms with Crippen LogP contribution >= 0.6 is 0 Å². The Hall–Kier alpha value is -1.34. The highest BCUT2D eigenvalue weighted by Crippen LogP contribution is 2.22. The first-order valence-corrected chi connectivity index (χ1v) is 12.7. The van der Waals surface area contributed by atoms with E-state index in [0.29, 0.717) is 0 Å². The lowest BCUT2D eigenvalue weighted by molar-refractivity contribution is 0.282. The topological polar surface area (TPSA) is 221 Å². The Labute approximate surface area is 155 Å². The lowest BCUT2D eigenvalue weighted by atomic mass is 10.3. The maximum Gasteiger partial charge on any atom is 0.397 e. The van der Waals surface area contributed by atoms with Gasteiger partial charge in [-0.25, -0.2) is 25.2 Å². The third kappa shape index (κ3) is 8.47. The van der Waals surface area contributed by atoms with E-state index in [2.05, 4.69) is 8.37 Å². The van der Waals surface area contributed by atoms with Gasteiger partial charge in [-0.2, -0.15) is 16.8 Å². The van der Waals surface area contributed by atoms with Crippen LogP contribution in [0.1, 0.15) is 0 Å². The van der Waals surface area contributed by atoms with Gasteiger partial charge in [-0.05, 0) is 18.2 Å². The van der Waals surface area contributed by atoms with Crippen molar-refractivity contribution in [1.29, 1.82) is 0 Å². The molecule has 0 unspecified atom stereocenters. The molecule has 1 aromatic carbocycles. The number of hydrogen-bond acceptors (Lipinski definition) is 11. The zero-order valence-corrected chi connectivity index (χ0v) is 16.5. The SMILES string of the molecule is Nc1cc(S(=O)(=O)CCOS(=O)(=O)O)cc(S(=O)(=O)CCOS(=O)(=O)O)c1. The minimum Gasteiger partial charge on any atom is -0.399 e. The van der Waals surface area contributed by atoms with Crippen LogP contribution in [0.15, 0.2) is 28.0 Å². The van der Waals surface area contributed by atoms with Crippen molar-refractivity contribution >= 4 is 46.2 Å². The van der Waals surface area contributed by atoms with E-state index in [9.17, 15) is 33.7 Å². The summed E-state index contributed by atoms with van der Waals surface area (Å²) in [5.41, 5.74) is 5.22. The molecule has 0 aliphatic carbocycles. The van der Waals surface area contributed by atoms with Gasteiger partial charge in [0.1, 0.15) is 0 Å². The van der Waals surface area contributed by atoms with Crippen molar-refractivity contribution in [3.8, 4) is 0 Å². The van der Waals surface area contributed by atoms with Gasteiger partial charge in [-0.15, -0.1) is 0 Å². The molecule has 0 amide bonds. The van der Waals surface area contributed by atoms with Crippen LogP contribution in [0.5, 0.6) is 0 Å². The third-order valence-electron chi connectivity index (χ3n) is 2.79. The number of nitrogens with two attached hydrogens (primary N) is 1. The molecular formula is C10H15NO12S4. The monoisotopic (exact) mass is 469 g/mol. The van der Waals surface area contributed by atoms with Crippen molar-refractivity contribution in [3.05, 3.63) is 18.2 Å². The van der Waals surface area contributed by atoms with Crippen LogP contribution in [-0.4, -0.2) is 67.5 Å². The molecule has 0 aliphatic rings. The first kappa shape index (κ1) is 23.7. The minimum absolute atomic E-state index is 0.263. The molecule has 0 aromatic heterocycles. The molecule has 0 spiro atoms. The Morgan fingerprint density at radius 3 is 1.33 bits per heavy atom. The van der Waals surface area contributed by atoms with E-state index >= 15 is 0 Å². The zero-order valence-electron chi connectivity index (χ0n) is 13.2. The van der Waals surface area contributed by atoms with Gasteiger partial charge in [-0.1, -0.05) is 0 Å². The fourth-order valence-corrected chi connectivity index (χ4v) is 4.88. The van der Waals surface area contributed by atoms with E-state index in [4.69, 9.17) is 14.8 Å². The van der Waals surface area contributed by atoms with Gasteiger partial charge in [-0.3, -0.25) is 9.11 Å². The lowest BCUT2D eigenvalue weighted by Gasteiger charge is -2.09. The summed E-state index contributed by atoms with van der Waals surface area (Å²) < 4.78 is 115. The van der Waals surface area contributed by atoms with Gasteiger partial charge in [0.05, 0.1) is 34.5 Å². The van der Waals surface area contributed by atoms with Crippen molar-refractivity contribution in [2.75, 3.05) is 30.5 Å². The molecule has 17 heteroatoms. The Balaban J connectivity index is 3.08. The number of rotatable bonds is 10. The highest BCUT2D eigenvalue weighted by molar-refractivity contribution is 7.92. The van der Waals surface area contributed by atoms with Crippen LogP contribution in [0.4, 0.5) is 5.69 Å². The van der Waals surface area contributed by atoms with Gasteiger partial charge in [0.25, 0.3) is 0 Å². The quantitative estimate of drug-likeness (QED) is 0.261. The van der Waals surface area contributed by atoms with Crippen LogP contribution in [0.3, 0.4) is 0 Å². The molecule has 0 saturated carbocycles. The molecule has 0 atom stereocenters. The fraction of sp³-hybridized carbons (Fsp3) is 0.400. The van der Waals surface area contributed by atoms with Crippen molar-refractivity contribution in [2.45, 2.75) is 9.79 Å². The number of nitrogen functional groups attached to an aromatic ring is 1. The largest absolute Gasteiger partial charge is 0.399 e. The molecule has 156 valence electrons. The molecule has 1 aromatic rings. The second-order valence-electron chi connectivity index (χ2n) is 4.87. The van der Waals surface area contributed by atoms with Crippen LogP contribution in [0.2, 0.25) is 0 Å². The summed E-state index contributed by atoms with van der Waals surface area (Å²) in [6.07, 6.45) is 0. The second kappa shape index (κ2) is 8.35. The summed E-state index contributed by atoms with van der Waals surface area (Å²) in [7, 11) is -18.2. The molecule has 0 aliphatic heterocycles. The molecule has 1 rings (SSSR count). The van der Waals surface area contributed by atoms with Crippen molar-refractivity contribution < 1.29 is 51.1 Å². The van der Waals surface area contributed by atoms with E-state index in [-0.39, 0.29) is 5.69 Å². The van der Waals surface area contributed by atoms with E-state index < -0.39 is 75.0 Å². The Bertz CT molecular complexity index is 1020. The van der Waals surface area contributed by atoms with E-state index in [1.54, 1.807) is 0 Å². The zero-order chi connectivity index (χ0) is 21.1. The van der Waals surface area contributed by atoms with Crippen LogP contribution in [0.25, 0.3) is 0 Å². The maximum absolute atomic E-state index is 12.2. The van der Waals surface area contributed by atoms with Crippen LogP contribution < -0.4 is 5.73 Å². The summed E-state index contributed by atoms with van der Waals surface area (Å²) in [4.78, 5) is -1.15. The lowest BCUT2D eigenvalue weighted by Crippen LogP contribution is -2.18. The standard InChI is InChI=1S/C10H15NO12S4/c11-8-5-9(24(12,13)3-1-22-26(16,17)18)7-10(6-8)25(14,15)4-2-23-27(19,20)21/h5-7H,1-4,11H2,(H,16,17,18)(H,19,20,21). The van der Waals surface area contributed by atoms with E-state index in [1.807, 2.05) is 0 Å². The van der Waals surface area contributed by atoms with E-state index in [1.165, 1.54) is 0 Å². The molecule has 0 radical (unpaired) electrons. The number of anilines is 1. The minimum atomic E-state index is -4.86. The predicted molar refractivity (Wildman–Crippen MR) is 90.0 cm³/mol. The molecule has 0 fully saturated rings. The van der Waals surface area contributed by atoms with Gasteiger partial charge in [0.15, 0.2) is 19.7 Å². The average Bonchev–Trinajstić information content (AvgIpc) is 2.43. The summed E-state index contributed by atoms with van der Waals surface area (Å²) >= 11 is 0. The Morgan fingerprint density at radius 1 is 0.704 bits per heavy atom. The number of sulfone groups is 2. The van der Waals surface area contributed by atoms with Crippen LogP contribution in [0, 0.1) is 0 Å². The fourth-order valence-electron chi connectivity index (χ4n) is 1.69. The molecule has 0 saturated heterocycles. The normalized spacial score (nSPS) is 13.6. The Morgan fingerprint density at radius 2 is 1.04 bits per heavy atom. The maximum atomic E-state index is 12.2. The van der Waals surface area contributed by atoms with Crippen molar-refractivity contribution in [2.24, 2.45) is 0 Å². The molecule has 13 nitrogen and oxygen atoms in total. The number of benzene rings is 1.